The summed E-state index contributed by atoms with van der Waals surface area (Å²) in [6.07, 6.45) is 0.662. The van der Waals surface area contributed by atoms with Gasteiger partial charge in [0, 0.05) is 24.8 Å². The maximum Gasteiger partial charge on any atom is 0.240 e. The van der Waals surface area contributed by atoms with Crippen molar-refractivity contribution in [3.05, 3.63) is 53.1 Å². The summed E-state index contributed by atoms with van der Waals surface area (Å²) >= 11 is 6.06. The Kier molecular flexibility index (Phi) is 4.86. The van der Waals surface area contributed by atoms with Crippen molar-refractivity contribution in [2.75, 3.05) is 18.0 Å². The Morgan fingerprint density at radius 1 is 1.24 bits per heavy atom. The molecule has 1 fully saturated rings. The van der Waals surface area contributed by atoms with E-state index in [0.717, 1.165) is 5.69 Å². The number of benzene rings is 2. The smallest absolute Gasteiger partial charge is 0.240 e. The molecule has 0 aliphatic carbocycles. The first kappa shape index (κ1) is 17.5. The van der Waals surface area contributed by atoms with Gasteiger partial charge >= 0.3 is 0 Å². The lowest BCUT2D eigenvalue weighted by atomic mass is 10.2. The van der Waals surface area contributed by atoms with Crippen LogP contribution in [0.4, 0.5) is 5.69 Å². The van der Waals surface area contributed by atoms with Gasteiger partial charge in [-0.05, 0) is 48.9 Å². The Hall–Kier alpha value is -2.27. The van der Waals surface area contributed by atoms with Crippen molar-refractivity contribution in [2.24, 2.45) is 0 Å². The summed E-state index contributed by atoms with van der Waals surface area (Å²) in [6, 6.07) is 12.4. The highest BCUT2D eigenvalue weighted by Gasteiger charge is 2.27. The third-order valence-corrected chi connectivity index (χ3v) is 5.94. The van der Waals surface area contributed by atoms with E-state index >= 15 is 0 Å². The molecule has 25 heavy (non-hydrogen) atoms. The van der Waals surface area contributed by atoms with E-state index in [0.29, 0.717) is 30.1 Å². The number of phenolic OH excluding ortho intramolecular Hbond substituents is 1. The Balaban J connectivity index is 1.70. The molecule has 2 aromatic carbocycles. The number of hydrogen-bond donors (Lipinski definition) is 2. The van der Waals surface area contributed by atoms with Crippen molar-refractivity contribution in [1.29, 1.82) is 5.26 Å². The minimum absolute atomic E-state index is 0.0173. The minimum atomic E-state index is -3.64. The molecule has 1 atom stereocenters. The van der Waals surface area contributed by atoms with Crippen LogP contribution in [0.15, 0.2) is 47.4 Å². The first-order valence-electron chi connectivity index (χ1n) is 7.65. The maximum absolute atomic E-state index is 12.4. The summed E-state index contributed by atoms with van der Waals surface area (Å²) in [5, 5.41) is 18.6. The number of aromatic hydroxyl groups is 1. The van der Waals surface area contributed by atoms with Gasteiger partial charge in [-0.1, -0.05) is 11.6 Å². The van der Waals surface area contributed by atoms with Crippen LogP contribution < -0.4 is 9.62 Å². The fraction of sp³-hybridized carbons (Fsp3) is 0.235. The molecule has 3 rings (SSSR count). The molecule has 1 aliphatic rings. The molecule has 1 aliphatic heterocycles. The van der Waals surface area contributed by atoms with Gasteiger partial charge in [0.05, 0.1) is 15.5 Å². The van der Waals surface area contributed by atoms with E-state index < -0.39 is 10.0 Å². The molecule has 1 saturated heterocycles. The van der Waals surface area contributed by atoms with Crippen LogP contribution in [-0.2, 0) is 10.0 Å². The van der Waals surface area contributed by atoms with Gasteiger partial charge in [0.25, 0.3) is 0 Å². The number of nitrogens with one attached hydrogen (secondary N) is 1. The molecule has 1 heterocycles. The Labute approximate surface area is 151 Å². The Morgan fingerprint density at radius 3 is 2.60 bits per heavy atom. The molecule has 0 amide bonds. The largest absolute Gasteiger partial charge is 0.508 e. The van der Waals surface area contributed by atoms with Gasteiger partial charge < -0.3 is 10.0 Å². The number of rotatable bonds is 4. The zero-order chi connectivity index (χ0) is 18.0. The van der Waals surface area contributed by atoms with E-state index in [2.05, 4.69) is 4.72 Å². The lowest BCUT2D eigenvalue weighted by molar-refractivity contribution is 0.474. The van der Waals surface area contributed by atoms with Crippen molar-refractivity contribution in [3.63, 3.8) is 0 Å². The van der Waals surface area contributed by atoms with Crippen LogP contribution in [0.5, 0.6) is 5.75 Å². The number of phenols is 1. The summed E-state index contributed by atoms with van der Waals surface area (Å²) in [5.74, 6) is 0.0173. The molecular formula is C17H16ClN3O3S. The van der Waals surface area contributed by atoms with E-state index in [1.807, 2.05) is 11.0 Å². The molecule has 8 heteroatoms. The number of nitrogens with zero attached hydrogens (tertiary/aromatic N) is 2. The molecule has 0 spiro atoms. The summed E-state index contributed by atoms with van der Waals surface area (Å²) in [4.78, 5) is 2.14. The second kappa shape index (κ2) is 6.92. The van der Waals surface area contributed by atoms with Crippen molar-refractivity contribution < 1.29 is 13.5 Å². The van der Waals surface area contributed by atoms with Crippen LogP contribution in [0.3, 0.4) is 0 Å². The van der Waals surface area contributed by atoms with Crippen molar-refractivity contribution in [2.45, 2.75) is 17.4 Å². The zero-order valence-electron chi connectivity index (χ0n) is 13.2. The SMILES string of the molecule is N#Cc1ccc(N2CC[C@H](NS(=O)(=O)c3ccc(O)cc3)C2)cc1Cl. The third kappa shape index (κ3) is 3.87. The number of halogens is 1. The van der Waals surface area contributed by atoms with Gasteiger partial charge in [-0.25, -0.2) is 13.1 Å². The van der Waals surface area contributed by atoms with Gasteiger partial charge in [-0.2, -0.15) is 5.26 Å². The van der Waals surface area contributed by atoms with Crippen LogP contribution in [0.2, 0.25) is 5.02 Å². The number of sulfonamides is 1. The molecular weight excluding hydrogens is 362 g/mol. The molecule has 0 unspecified atom stereocenters. The van der Waals surface area contributed by atoms with E-state index in [1.54, 1.807) is 18.2 Å². The fourth-order valence-electron chi connectivity index (χ4n) is 2.80. The fourth-order valence-corrected chi connectivity index (χ4v) is 4.27. The zero-order valence-corrected chi connectivity index (χ0v) is 14.8. The predicted octanol–water partition coefficient (Wildman–Crippen LogP) is 2.47. The van der Waals surface area contributed by atoms with Crippen LogP contribution in [0.1, 0.15) is 12.0 Å². The third-order valence-electron chi connectivity index (χ3n) is 4.10. The second-order valence-electron chi connectivity index (χ2n) is 5.82. The summed E-state index contributed by atoms with van der Waals surface area (Å²) < 4.78 is 27.5. The van der Waals surface area contributed by atoms with Gasteiger partial charge in [0.2, 0.25) is 10.0 Å². The number of nitriles is 1. The molecule has 0 aromatic heterocycles. The highest BCUT2D eigenvalue weighted by atomic mass is 35.5. The van der Waals surface area contributed by atoms with E-state index in [-0.39, 0.29) is 16.7 Å². The van der Waals surface area contributed by atoms with Crippen LogP contribution in [-0.4, -0.2) is 32.7 Å². The first-order chi connectivity index (χ1) is 11.9. The van der Waals surface area contributed by atoms with Gasteiger partial charge in [0.1, 0.15) is 11.8 Å². The molecule has 2 N–H and O–H groups in total. The monoisotopic (exact) mass is 377 g/mol. The highest BCUT2D eigenvalue weighted by molar-refractivity contribution is 7.89. The topological polar surface area (TPSA) is 93.4 Å². The molecule has 130 valence electrons. The average Bonchev–Trinajstić information content (AvgIpc) is 3.03. The normalized spacial score (nSPS) is 17.4. The highest BCUT2D eigenvalue weighted by Crippen LogP contribution is 2.26. The quantitative estimate of drug-likeness (QED) is 0.853. The van der Waals surface area contributed by atoms with E-state index in [4.69, 9.17) is 16.9 Å². The van der Waals surface area contributed by atoms with Crippen molar-refractivity contribution >= 4 is 27.3 Å². The van der Waals surface area contributed by atoms with Crippen LogP contribution >= 0.6 is 11.6 Å². The molecule has 0 radical (unpaired) electrons. The summed E-state index contributed by atoms with van der Waals surface area (Å²) in [5.41, 5.74) is 1.27. The Bertz CT molecular complexity index is 923. The molecule has 2 aromatic rings. The Morgan fingerprint density at radius 2 is 1.96 bits per heavy atom. The van der Waals surface area contributed by atoms with Crippen LogP contribution in [0, 0.1) is 11.3 Å². The maximum atomic E-state index is 12.4. The number of anilines is 1. The minimum Gasteiger partial charge on any atom is -0.508 e. The number of hydrogen-bond acceptors (Lipinski definition) is 5. The summed E-state index contributed by atoms with van der Waals surface area (Å²) in [7, 11) is -3.64. The standard InChI is InChI=1S/C17H16ClN3O3S/c18-17-9-14(2-1-12(17)10-19)21-8-7-13(11-21)20-25(23,24)16-5-3-15(22)4-6-16/h1-6,9,13,20,22H,7-8,11H2/t13-/m0/s1. The molecule has 0 bridgehead atoms. The van der Waals surface area contributed by atoms with Crippen molar-refractivity contribution in [1.82, 2.24) is 4.72 Å². The first-order valence-corrected chi connectivity index (χ1v) is 9.51. The van der Waals surface area contributed by atoms with Crippen LogP contribution in [0.25, 0.3) is 0 Å². The average molecular weight is 378 g/mol. The predicted molar refractivity (Wildman–Crippen MR) is 95.2 cm³/mol. The molecule has 6 nitrogen and oxygen atoms in total. The van der Waals surface area contributed by atoms with Gasteiger partial charge in [-0.3, -0.25) is 0 Å². The van der Waals surface area contributed by atoms with E-state index in [9.17, 15) is 13.5 Å². The van der Waals surface area contributed by atoms with E-state index in [1.165, 1.54) is 24.3 Å². The lowest BCUT2D eigenvalue weighted by Gasteiger charge is -2.19. The second-order valence-corrected chi connectivity index (χ2v) is 7.94. The summed E-state index contributed by atoms with van der Waals surface area (Å²) in [6.45, 7) is 1.20. The van der Waals surface area contributed by atoms with Crippen molar-refractivity contribution in [3.8, 4) is 11.8 Å². The van der Waals surface area contributed by atoms with Gasteiger partial charge in [-0.15, -0.1) is 0 Å². The lowest BCUT2D eigenvalue weighted by Crippen LogP contribution is -2.37. The van der Waals surface area contributed by atoms with Gasteiger partial charge in [0.15, 0.2) is 0 Å². The molecule has 0 saturated carbocycles.